The molecule has 7 heteroatoms. The molecular weight excluding hydrogens is 283 g/mol. The minimum Gasteiger partial charge on any atom is -0.439 e. The van der Waals surface area contributed by atoms with E-state index >= 15 is 0 Å². The predicted octanol–water partition coefficient (Wildman–Crippen LogP) is 3.89. The topological polar surface area (TPSA) is 47.0 Å². The van der Waals surface area contributed by atoms with Crippen molar-refractivity contribution in [2.45, 2.75) is 19.5 Å². The molecule has 0 saturated heterocycles. The van der Waals surface area contributed by atoms with Crippen LogP contribution in [-0.4, -0.2) is 17.0 Å². The number of aryl methyl sites for hydroxylation is 1. The average molecular weight is 297 g/mol. The Morgan fingerprint density at radius 3 is 2.57 bits per heavy atom. The van der Waals surface area contributed by atoms with Gasteiger partial charge in [0, 0.05) is 19.5 Å². The Hall–Kier alpha value is -2.31. The molecule has 1 N–H and O–H groups in total. The van der Waals surface area contributed by atoms with Crippen molar-refractivity contribution in [1.29, 1.82) is 0 Å². The number of benzene rings is 1. The number of hydrogen-bond acceptors (Lipinski definition) is 4. The van der Waals surface area contributed by atoms with E-state index in [0.29, 0.717) is 18.1 Å². The van der Waals surface area contributed by atoms with E-state index in [-0.39, 0.29) is 11.6 Å². The molecule has 0 aliphatic rings. The molecule has 0 unspecified atom stereocenters. The summed E-state index contributed by atoms with van der Waals surface area (Å²) in [4.78, 5) is 8.32. The standard InChI is InChI=1S/C14H14F3N3O/c1-3-11-19-12(18-2)8-13(20-11)21-10-6-4-5-9(7-10)14(15,16)17/h4-8H,3H2,1-2H3,(H,18,19,20). The van der Waals surface area contributed by atoms with Crippen molar-refractivity contribution in [1.82, 2.24) is 9.97 Å². The van der Waals surface area contributed by atoms with Crippen LogP contribution in [0, 0.1) is 0 Å². The van der Waals surface area contributed by atoms with Crippen molar-refractivity contribution >= 4 is 5.82 Å². The largest absolute Gasteiger partial charge is 0.439 e. The van der Waals surface area contributed by atoms with E-state index in [1.165, 1.54) is 18.2 Å². The maximum Gasteiger partial charge on any atom is 0.416 e. The van der Waals surface area contributed by atoms with Crippen LogP contribution in [0.15, 0.2) is 30.3 Å². The lowest BCUT2D eigenvalue weighted by atomic mass is 10.2. The first-order valence-corrected chi connectivity index (χ1v) is 6.33. The van der Waals surface area contributed by atoms with Crippen molar-refractivity contribution in [2.75, 3.05) is 12.4 Å². The monoisotopic (exact) mass is 297 g/mol. The molecule has 0 atom stereocenters. The molecule has 1 aromatic heterocycles. The van der Waals surface area contributed by atoms with Gasteiger partial charge >= 0.3 is 6.18 Å². The molecule has 0 bridgehead atoms. The zero-order chi connectivity index (χ0) is 15.5. The van der Waals surface area contributed by atoms with Gasteiger partial charge in [0.15, 0.2) is 0 Å². The van der Waals surface area contributed by atoms with Gasteiger partial charge in [-0.25, -0.2) is 4.98 Å². The molecule has 1 heterocycles. The number of anilines is 1. The molecule has 2 rings (SSSR count). The highest BCUT2D eigenvalue weighted by Crippen LogP contribution is 2.32. The summed E-state index contributed by atoms with van der Waals surface area (Å²) in [5.74, 6) is 1.37. The summed E-state index contributed by atoms with van der Waals surface area (Å²) in [7, 11) is 1.69. The lowest BCUT2D eigenvalue weighted by molar-refractivity contribution is -0.137. The fraction of sp³-hybridized carbons (Fsp3) is 0.286. The Kier molecular flexibility index (Phi) is 4.30. The molecule has 0 aliphatic heterocycles. The SMILES string of the molecule is CCc1nc(NC)cc(Oc2cccc(C(F)(F)F)c2)n1. The molecule has 0 fully saturated rings. The number of hydrogen-bond donors (Lipinski definition) is 1. The minimum absolute atomic E-state index is 0.0765. The first-order valence-electron chi connectivity index (χ1n) is 6.33. The number of alkyl halides is 3. The van der Waals surface area contributed by atoms with E-state index in [1.807, 2.05) is 6.92 Å². The third kappa shape index (κ3) is 3.84. The van der Waals surface area contributed by atoms with E-state index in [9.17, 15) is 13.2 Å². The van der Waals surface area contributed by atoms with Crippen LogP contribution in [0.5, 0.6) is 11.6 Å². The molecule has 112 valence electrons. The highest BCUT2D eigenvalue weighted by Gasteiger charge is 2.30. The van der Waals surface area contributed by atoms with E-state index in [4.69, 9.17) is 4.74 Å². The Bertz CT molecular complexity index is 607. The smallest absolute Gasteiger partial charge is 0.416 e. The van der Waals surface area contributed by atoms with Crippen LogP contribution in [0.1, 0.15) is 18.3 Å². The van der Waals surface area contributed by atoms with Gasteiger partial charge in [0.2, 0.25) is 5.88 Å². The summed E-state index contributed by atoms with van der Waals surface area (Å²) in [5.41, 5.74) is -0.765. The van der Waals surface area contributed by atoms with Crippen LogP contribution in [0.25, 0.3) is 0 Å². The fourth-order valence-electron chi connectivity index (χ4n) is 1.67. The molecule has 0 radical (unpaired) electrons. The number of halogens is 3. The first-order chi connectivity index (χ1) is 9.92. The third-order valence-corrected chi connectivity index (χ3v) is 2.71. The summed E-state index contributed by atoms with van der Waals surface area (Å²) in [6.07, 6.45) is -3.82. The number of nitrogens with one attached hydrogen (secondary N) is 1. The van der Waals surface area contributed by atoms with Crippen molar-refractivity contribution in [3.05, 3.63) is 41.7 Å². The second-order valence-corrected chi connectivity index (χ2v) is 4.24. The zero-order valence-electron chi connectivity index (χ0n) is 11.5. The lowest BCUT2D eigenvalue weighted by Gasteiger charge is -2.11. The summed E-state index contributed by atoms with van der Waals surface area (Å²) in [6.45, 7) is 1.88. The predicted molar refractivity (Wildman–Crippen MR) is 72.5 cm³/mol. The fourth-order valence-corrected chi connectivity index (χ4v) is 1.67. The maximum atomic E-state index is 12.7. The van der Waals surface area contributed by atoms with Gasteiger partial charge in [-0.2, -0.15) is 18.2 Å². The van der Waals surface area contributed by atoms with Gasteiger partial charge in [0.1, 0.15) is 17.4 Å². The molecule has 1 aromatic carbocycles. The molecule has 0 aliphatic carbocycles. The molecular formula is C14H14F3N3O. The second kappa shape index (κ2) is 5.99. The average Bonchev–Trinajstić information content (AvgIpc) is 2.46. The van der Waals surface area contributed by atoms with Gasteiger partial charge in [0.25, 0.3) is 0 Å². The van der Waals surface area contributed by atoms with E-state index in [1.54, 1.807) is 7.05 Å². The van der Waals surface area contributed by atoms with Crippen LogP contribution in [0.4, 0.5) is 19.0 Å². The van der Waals surface area contributed by atoms with Crippen LogP contribution < -0.4 is 10.1 Å². The third-order valence-electron chi connectivity index (χ3n) is 2.71. The van der Waals surface area contributed by atoms with Gasteiger partial charge in [-0.1, -0.05) is 13.0 Å². The number of ether oxygens (including phenoxy) is 1. The summed E-state index contributed by atoms with van der Waals surface area (Å²) >= 11 is 0. The van der Waals surface area contributed by atoms with E-state index in [0.717, 1.165) is 12.1 Å². The summed E-state index contributed by atoms with van der Waals surface area (Å²) in [6, 6.07) is 6.19. The Morgan fingerprint density at radius 1 is 1.19 bits per heavy atom. The van der Waals surface area contributed by atoms with Crippen LogP contribution in [-0.2, 0) is 12.6 Å². The molecule has 0 amide bonds. The lowest BCUT2D eigenvalue weighted by Crippen LogP contribution is -2.05. The normalized spacial score (nSPS) is 11.3. The van der Waals surface area contributed by atoms with Gasteiger partial charge in [-0.05, 0) is 18.2 Å². The summed E-state index contributed by atoms with van der Waals surface area (Å²) in [5, 5.41) is 2.85. The van der Waals surface area contributed by atoms with Crippen molar-refractivity contribution in [3.63, 3.8) is 0 Å². The zero-order valence-corrected chi connectivity index (χ0v) is 11.5. The highest BCUT2D eigenvalue weighted by molar-refractivity contribution is 5.40. The van der Waals surface area contributed by atoms with Crippen molar-refractivity contribution in [3.8, 4) is 11.6 Å². The number of rotatable bonds is 4. The van der Waals surface area contributed by atoms with Crippen LogP contribution >= 0.6 is 0 Å². The second-order valence-electron chi connectivity index (χ2n) is 4.24. The first kappa shape index (κ1) is 15.1. The molecule has 21 heavy (non-hydrogen) atoms. The molecule has 2 aromatic rings. The summed E-state index contributed by atoms with van der Waals surface area (Å²) < 4.78 is 43.4. The van der Waals surface area contributed by atoms with Gasteiger partial charge in [0.05, 0.1) is 5.56 Å². The Morgan fingerprint density at radius 2 is 1.95 bits per heavy atom. The number of nitrogens with zero attached hydrogens (tertiary/aromatic N) is 2. The highest BCUT2D eigenvalue weighted by atomic mass is 19.4. The molecule has 0 saturated carbocycles. The molecule has 0 spiro atoms. The maximum absolute atomic E-state index is 12.7. The van der Waals surface area contributed by atoms with Crippen LogP contribution in [0.3, 0.4) is 0 Å². The Labute approximate surface area is 120 Å². The quantitative estimate of drug-likeness (QED) is 0.930. The van der Waals surface area contributed by atoms with Crippen LogP contribution in [0.2, 0.25) is 0 Å². The Balaban J connectivity index is 2.30. The molecule has 4 nitrogen and oxygen atoms in total. The van der Waals surface area contributed by atoms with Gasteiger partial charge in [-0.3, -0.25) is 0 Å². The van der Waals surface area contributed by atoms with Gasteiger partial charge < -0.3 is 10.1 Å². The van der Waals surface area contributed by atoms with Crippen molar-refractivity contribution < 1.29 is 17.9 Å². The van der Waals surface area contributed by atoms with Crippen molar-refractivity contribution in [2.24, 2.45) is 0 Å². The van der Waals surface area contributed by atoms with E-state index in [2.05, 4.69) is 15.3 Å². The minimum atomic E-state index is -4.41. The van der Waals surface area contributed by atoms with E-state index < -0.39 is 11.7 Å². The van der Waals surface area contributed by atoms with Gasteiger partial charge in [-0.15, -0.1) is 0 Å². The number of aromatic nitrogens is 2.